The second-order valence-corrected chi connectivity index (χ2v) is 4.81. The van der Waals surface area contributed by atoms with E-state index in [-0.39, 0.29) is 38.7 Å². The Balaban J connectivity index is 2.62. The highest BCUT2D eigenvalue weighted by Crippen LogP contribution is 2.29. The third-order valence-corrected chi connectivity index (χ3v) is 3.22. The van der Waals surface area contributed by atoms with E-state index in [9.17, 15) is 22.8 Å². The number of piperazine rings is 1. The Kier molecular flexibility index (Phi) is 4.98. The molecule has 0 aliphatic carbocycles. The van der Waals surface area contributed by atoms with E-state index in [4.69, 9.17) is 5.73 Å². The number of carbonyl (C=O) groups is 2. The summed E-state index contributed by atoms with van der Waals surface area (Å²) in [5.41, 5.74) is 2.18. The molecule has 1 rings (SSSR count). The summed E-state index contributed by atoms with van der Waals surface area (Å²) in [7, 11) is 1.38. The molecule has 1 unspecified atom stereocenters. The van der Waals surface area contributed by atoms with Crippen LogP contribution in [0.15, 0.2) is 0 Å². The second-order valence-electron chi connectivity index (χ2n) is 4.81. The fourth-order valence-corrected chi connectivity index (χ4v) is 1.82. The first-order chi connectivity index (χ1) is 9.11. The smallest absolute Gasteiger partial charge is 0.375 e. The predicted octanol–water partition coefficient (Wildman–Crippen LogP) is -0.417. The molecule has 9 heteroatoms. The van der Waals surface area contributed by atoms with Crippen LogP contribution in [0, 0.1) is 0 Å². The highest BCUT2D eigenvalue weighted by Gasteiger charge is 2.55. The third-order valence-electron chi connectivity index (χ3n) is 3.22. The lowest BCUT2D eigenvalue weighted by Gasteiger charge is -2.38. The van der Waals surface area contributed by atoms with Crippen molar-refractivity contribution in [3.05, 3.63) is 0 Å². The molecular formula is C11H18F3N3O3. The number of nitrogens with two attached hydrogens (primary N) is 1. The van der Waals surface area contributed by atoms with Crippen molar-refractivity contribution in [3.8, 4) is 0 Å². The summed E-state index contributed by atoms with van der Waals surface area (Å²) in [6.45, 7) is 0.945. The molecule has 1 saturated heterocycles. The number of hydrogen-bond donors (Lipinski definition) is 1. The maximum atomic E-state index is 12.7. The summed E-state index contributed by atoms with van der Waals surface area (Å²) < 4.78 is 42.8. The van der Waals surface area contributed by atoms with E-state index in [2.05, 4.69) is 4.74 Å². The number of nitrogens with zero attached hydrogens (tertiary/aromatic N) is 2. The Bertz CT molecular complexity index is 377. The van der Waals surface area contributed by atoms with Gasteiger partial charge in [0.2, 0.25) is 5.91 Å². The van der Waals surface area contributed by atoms with Crippen LogP contribution in [0.5, 0.6) is 0 Å². The number of halogens is 3. The van der Waals surface area contributed by atoms with Gasteiger partial charge in [-0.15, -0.1) is 0 Å². The maximum absolute atomic E-state index is 12.7. The minimum atomic E-state index is -4.81. The van der Waals surface area contributed by atoms with Gasteiger partial charge in [0.25, 0.3) is 5.91 Å². The quantitative estimate of drug-likeness (QED) is 0.768. The van der Waals surface area contributed by atoms with Gasteiger partial charge >= 0.3 is 6.18 Å². The monoisotopic (exact) mass is 297 g/mol. The Hall–Kier alpha value is -1.35. The van der Waals surface area contributed by atoms with E-state index in [1.807, 2.05) is 0 Å². The van der Waals surface area contributed by atoms with Gasteiger partial charge in [-0.2, -0.15) is 13.2 Å². The van der Waals surface area contributed by atoms with Crippen LogP contribution in [0.3, 0.4) is 0 Å². The topological polar surface area (TPSA) is 75.9 Å². The number of carbonyl (C=O) groups excluding carboxylic acids is 2. The van der Waals surface area contributed by atoms with E-state index in [0.717, 1.165) is 4.90 Å². The Morgan fingerprint density at radius 1 is 1.15 bits per heavy atom. The molecule has 2 amide bonds. The molecule has 6 nitrogen and oxygen atoms in total. The maximum Gasteiger partial charge on any atom is 0.415 e. The zero-order valence-electron chi connectivity index (χ0n) is 11.4. The van der Waals surface area contributed by atoms with Gasteiger partial charge < -0.3 is 20.3 Å². The number of rotatable bonds is 3. The van der Waals surface area contributed by atoms with Crippen molar-refractivity contribution in [2.75, 3.05) is 39.9 Å². The van der Waals surface area contributed by atoms with Crippen LogP contribution >= 0.6 is 0 Å². The van der Waals surface area contributed by atoms with E-state index in [1.165, 1.54) is 12.0 Å². The van der Waals surface area contributed by atoms with Crippen molar-refractivity contribution in [1.29, 1.82) is 0 Å². The molecule has 20 heavy (non-hydrogen) atoms. The molecule has 1 aliphatic rings. The van der Waals surface area contributed by atoms with Crippen molar-refractivity contribution in [3.63, 3.8) is 0 Å². The minimum Gasteiger partial charge on any atom is -0.375 e. The molecule has 0 radical (unpaired) electrons. The summed E-state index contributed by atoms with van der Waals surface area (Å²) in [6, 6.07) is 0. The van der Waals surface area contributed by atoms with Crippen molar-refractivity contribution in [1.82, 2.24) is 9.80 Å². The largest absolute Gasteiger partial charge is 0.415 e. The summed E-state index contributed by atoms with van der Waals surface area (Å²) in [5, 5.41) is 0. The van der Waals surface area contributed by atoms with Crippen LogP contribution in [0.2, 0.25) is 0 Å². The van der Waals surface area contributed by atoms with Gasteiger partial charge in [0.15, 0.2) is 5.54 Å². The molecule has 1 heterocycles. The molecule has 1 atom stereocenters. The second kappa shape index (κ2) is 5.96. The fraction of sp³-hybridized carbons (Fsp3) is 0.818. The first-order valence-electron chi connectivity index (χ1n) is 6.03. The predicted molar refractivity (Wildman–Crippen MR) is 63.7 cm³/mol. The molecule has 1 fully saturated rings. The molecule has 0 aromatic rings. The number of ether oxygens (including phenoxy) is 1. The van der Waals surface area contributed by atoms with Crippen LogP contribution in [0.4, 0.5) is 13.2 Å². The summed E-state index contributed by atoms with van der Waals surface area (Å²) in [5.74, 6) is -1.44. The zero-order valence-corrected chi connectivity index (χ0v) is 11.4. The number of hydrogen-bond acceptors (Lipinski definition) is 4. The minimum absolute atomic E-state index is 0.0250. The van der Waals surface area contributed by atoms with Crippen molar-refractivity contribution < 1.29 is 27.5 Å². The van der Waals surface area contributed by atoms with Gasteiger partial charge in [0.1, 0.15) is 6.61 Å². The van der Waals surface area contributed by atoms with Gasteiger partial charge in [-0.25, -0.2) is 0 Å². The lowest BCUT2D eigenvalue weighted by molar-refractivity contribution is -0.194. The standard InChI is InChI=1S/C11H18F3N3O3/c1-10(15,11(12,13)14)9(19)17-5-3-16(4-6-17)8(18)7-20-2/h3-7,15H2,1-2H3. The number of amides is 2. The molecule has 2 N–H and O–H groups in total. The van der Waals surface area contributed by atoms with Crippen molar-refractivity contribution in [2.24, 2.45) is 5.73 Å². The summed E-state index contributed by atoms with van der Waals surface area (Å²) >= 11 is 0. The van der Waals surface area contributed by atoms with Gasteiger partial charge in [-0.1, -0.05) is 0 Å². The Morgan fingerprint density at radius 2 is 1.60 bits per heavy atom. The molecule has 116 valence electrons. The van der Waals surface area contributed by atoms with Gasteiger partial charge in [-0.3, -0.25) is 9.59 Å². The molecule has 0 aromatic heterocycles. The fourth-order valence-electron chi connectivity index (χ4n) is 1.82. The number of alkyl halides is 3. The van der Waals surface area contributed by atoms with Crippen molar-refractivity contribution >= 4 is 11.8 Å². The third kappa shape index (κ3) is 3.40. The van der Waals surface area contributed by atoms with Crippen LogP contribution in [0.25, 0.3) is 0 Å². The Morgan fingerprint density at radius 3 is 2.00 bits per heavy atom. The average Bonchev–Trinajstić information content (AvgIpc) is 2.37. The van der Waals surface area contributed by atoms with E-state index >= 15 is 0 Å². The highest BCUT2D eigenvalue weighted by atomic mass is 19.4. The van der Waals surface area contributed by atoms with Crippen LogP contribution in [-0.2, 0) is 14.3 Å². The average molecular weight is 297 g/mol. The summed E-state index contributed by atoms with van der Waals surface area (Å²) in [4.78, 5) is 25.8. The van der Waals surface area contributed by atoms with Crippen molar-refractivity contribution in [2.45, 2.75) is 18.6 Å². The molecule has 0 bridgehead atoms. The highest BCUT2D eigenvalue weighted by molar-refractivity contribution is 5.87. The lowest BCUT2D eigenvalue weighted by Crippen LogP contribution is -2.64. The van der Waals surface area contributed by atoms with Crippen LogP contribution in [-0.4, -0.2) is 73.2 Å². The SMILES string of the molecule is COCC(=O)N1CCN(C(=O)C(C)(N)C(F)(F)F)CC1. The van der Waals surface area contributed by atoms with E-state index in [1.54, 1.807) is 0 Å². The molecular weight excluding hydrogens is 279 g/mol. The zero-order chi connectivity index (χ0) is 15.6. The van der Waals surface area contributed by atoms with E-state index in [0.29, 0.717) is 6.92 Å². The van der Waals surface area contributed by atoms with Crippen LogP contribution < -0.4 is 5.73 Å². The van der Waals surface area contributed by atoms with Gasteiger partial charge in [0, 0.05) is 33.3 Å². The van der Waals surface area contributed by atoms with Gasteiger partial charge in [-0.05, 0) is 6.92 Å². The van der Waals surface area contributed by atoms with Crippen LogP contribution in [0.1, 0.15) is 6.92 Å². The summed E-state index contributed by atoms with van der Waals surface area (Å²) in [6.07, 6.45) is -4.81. The van der Waals surface area contributed by atoms with Gasteiger partial charge in [0.05, 0.1) is 0 Å². The Labute approximate surface area is 114 Å². The lowest BCUT2D eigenvalue weighted by atomic mass is 10.0. The first kappa shape index (κ1) is 16.7. The first-order valence-corrected chi connectivity index (χ1v) is 6.03. The number of methoxy groups -OCH3 is 1. The molecule has 1 aliphatic heterocycles. The van der Waals surface area contributed by atoms with E-state index < -0.39 is 17.6 Å². The molecule has 0 saturated carbocycles. The normalized spacial score (nSPS) is 19.7. The molecule has 0 spiro atoms. The molecule has 0 aromatic carbocycles.